The number of amides is 3. The third-order valence-electron chi connectivity index (χ3n) is 6.47. The summed E-state index contributed by atoms with van der Waals surface area (Å²) >= 11 is 1.39. The maximum Gasteiger partial charge on any atom is 0.416 e. The van der Waals surface area contributed by atoms with Crippen molar-refractivity contribution in [3.05, 3.63) is 87.4 Å². The normalized spacial score (nSPS) is 15.5. The number of hydrogen-bond donors (Lipinski definition) is 1. The number of ether oxygens (including phenoxy) is 1. The zero-order valence-electron chi connectivity index (χ0n) is 22.0. The Balaban J connectivity index is 1.58. The molecule has 1 unspecified atom stereocenters. The van der Waals surface area contributed by atoms with E-state index in [4.69, 9.17) is 4.74 Å². The number of thiophene rings is 1. The van der Waals surface area contributed by atoms with Gasteiger partial charge in [-0.05, 0) is 60.2 Å². The van der Waals surface area contributed by atoms with Gasteiger partial charge in [-0.2, -0.15) is 26.3 Å². The first-order valence-electron chi connectivity index (χ1n) is 12.8. The number of rotatable bonds is 9. The number of halogens is 7. The molecule has 14 heteroatoms. The van der Waals surface area contributed by atoms with E-state index in [1.54, 1.807) is 12.1 Å². The SMILES string of the molecule is O=C(CN(CC1CCCO1)C(=O)Nc1cc(C(F)(F)F)cc(C(F)(F)F)c1)N(Cc1ccc(F)cc1)Cc1cccs1. The predicted molar refractivity (Wildman–Crippen MR) is 141 cm³/mol. The van der Waals surface area contributed by atoms with Crippen molar-refractivity contribution in [1.82, 2.24) is 9.80 Å². The van der Waals surface area contributed by atoms with Crippen molar-refractivity contribution in [2.75, 3.05) is 25.0 Å². The van der Waals surface area contributed by atoms with Crippen molar-refractivity contribution in [3.63, 3.8) is 0 Å². The highest BCUT2D eigenvalue weighted by Gasteiger charge is 2.37. The average molecular weight is 618 g/mol. The van der Waals surface area contributed by atoms with Gasteiger partial charge in [0.2, 0.25) is 5.91 Å². The lowest BCUT2D eigenvalue weighted by atomic mass is 10.1. The molecule has 0 aliphatic carbocycles. The maximum absolute atomic E-state index is 13.5. The number of urea groups is 1. The summed E-state index contributed by atoms with van der Waals surface area (Å²) < 4.78 is 99.1. The molecule has 1 N–H and O–H groups in total. The molecule has 1 aliphatic heterocycles. The molecule has 42 heavy (non-hydrogen) atoms. The van der Waals surface area contributed by atoms with Crippen LogP contribution in [0.4, 0.5) is 41.2 Å². The van der Waals surface area contributed by atoms with E-state index in [1.807, 2.05) is 5.38 Å². The van der Waals surface area contributed by atoms with Crippen LogP contribution in [-0.2, 0) is 35.0 Å². The van der Waals surface area contributed by atoms with E-state index >= 15 is 0 Å². The summed E-state index contributed by atoms with van der Waals surface area (Å²) in [4.78, 5) is 30.1. The van der Waals surface area contributed by atoms with Crippen LogP contribution in [0.15, 0.2) is 60.0 Å². The van der Waals surface area contributed by atoms with Crippen molar-refractivity contribution in [3.8, 4) is 0 Å². The number of nitrogens with zero attached hydrogens (tertiary/aromatic N) is 2. The van der Waals surface area contributed by atoms with Crippen LogP contribution < -0.4 is 5.32 Å². The molecule has 1 aliphatic rings. The number of anilines is 1. The Morgan fingerprint density at radius 1 is 0.929 bits per heavy atom. The van der Waals surface area contributed by atoms with Gasteiger partial charge in [0.15, 0.2) is 0 Å². The summed E-state index contributed by atoms with van der Waals surface area (Å²) in [6.07, 6.45) is -9.44. The first-order chi connectivity index (χ1) is 19.8. The van der Waals surface area contributed by atoms with Crippen molar-refractivity contribution in [1.29, 1.82) is 0 Å². The van der Waals surface area contributed by atoms with Gasteiger partial charge in [0.1, 0.15) is 12.4 Å². The third kappa shape index (κ3) is 8.68. The predicted octanol–water partition coefficient (Wildman–Crippen LogP) is 7.17. The van der Waals surface area contributed by atoms with E-state index in [0.717, 1.165) is 9.78 Å². The van der Waals surface area contributed by atoms with Gasteiger partial charge in [0.05, 0.1) is 23.8 Å². The number of carbonyl (C=O) groups excluding carboxylic acids is 2. The lowest BCUT2D eigenvalue weighted by Gasteiger charge is -2.29. The first-order valence-corrected chi connectivity index (χ1v) is 13.7. The van der Waals surface area contributed by atoms with Gasteiger partial charge in [0.25, 0.3) is 0 Å². The Labute approximate surface area is 240 Å². The lowest BCUT2D eigenvalue weighted by Crippen LogP contribution is -2.46. The van der Waals surface area contributed by atoms with Crippen LogP contribution in [0, 0.1) is 5.82 Å². The van der Waals surface area contributed by atoms with Gasteiger partial charge >= 0.3 is 18.4 Å². The molecule has 4 rings (SSSR count). The highest BCUT2D eigenvalue weighted by molar-refractivity contribution is 7.09. The van der Waals surface area contributed by atoms with E-state index in [9.17, 15) is 40.3 Å². The Bertz CT molecular complexity index is 1320. The monoisotopic (exact) mass is 617 g/mol. The molecule has 1 atom stereocenters. The molecule has 0 saturated carbocycles. The summed E-state index contributed by atoms with van der Waals surface area (Å²) in [7, 11) is 0. The van der Waals surface area contributed by atoms with Crippen LogP contribution in [-0.4, -0.2) is 47.5 Å². The second-order valence-corrected chi connectivity index (χ2v) is 10.7. The fourth-order valence-corrected chi connectivity index (χ4v) is 5.10. The van der Waals surface area contributed by atoms with Gasteiger partial charge in [-0.25, -0.2) is 9.18 Å². The summed E-state index contributed by atoms with van der Waals surface area (Å²) in [6.45, 7) is -0.0259. The highest BCUT2D eigenvalue weighted by Crippen LogP contribution is 2.37. The Kier molecular flexibility index (Phi) is 9.77. The highest BCUT2D eigenvalue weighted by atomic mass is 32.1. The molecule has 0 bridgehead atoms. The van der Waals surface area contributed by atoms with Gasteiger partial charge in [-0.3, -0.25) is 4.79 Å². The largest absolute Gasteiger partial charge is 0.416 e. The van der Waals surface area contributed by atoms with Crippen LogP contribution in [0.25, 0.3) is 0 Å². The smallest absolute Gasteiger partial charge is 0.376 e. The Morgan fingerprint density at radius 2 is 1.60 bits per heavy atom. The minimum atomic E-state index is -5.10. The Morgan fingerprint density at radius 3 is 2.14 bits per heavy atom. The molecule has 1 fully saturated rings. The number of hydrogen-bond acceptors (Lipinski definition) is 4. The molecule has 226 valence electrons. The zero-order valence-corrected chi connectivity index (χ0v) is 22.8. The van der Waals surface area contributed by atoms with E-state index in [1.165, 1.54) is 40.5 Å². The molecule has 3 aromatic rings. The van der Waals surface area contributed by atoms with Gasteiger partial charge in [-0.1, -0.05) is 18.2 Å². The zero-order chi connectivity index (χ0) is 30.5. The van der Waals surface area contributed by atoms with Crippen LogP contribution in [0.5, 0.6) is 0 Å². The summed E-state index contributed by atoms with van der Waals surface area (Å²) in [6, 6.07) is 8.79. The minimum Gasteiger partial charge on any atom is -0.376 e. The van der Waals surface area contributed by atoms with Crippen LogP contribution >= 0.6 is 11.3 Å². The van der Waals surface area contributed by atoms with Crippen LogP contribution in [0.1, 0.15) is 34.4 Å². The number of benzene rings is 2. The molecule has 0 spiro atoms. The molecule has 2 heterocycles. The van der Waals surface area contributed by atoms with Gasteiger partial charge < -0.3 is 19.9 Å². The number of nitrogens with one attached hydrogen (secondary N) is 1. The topological polar surface area (TPSA) is 61.9 Å². The van der Waals surface area contributed by atoms with Crippen LogP contribution in [0.3, 0.4) is 0 Å². The maximum atomic E-state index is 13.5. The van der Waals surface area contributed by atoms with Crippen molar-refractivity contribution in [2.24, 2.45) is 0 Å². The molecule has 1 aromatic heterocycles. The molecule has 1 saturated heterocycles. The first kappa shape index (κ1) is 31.3. The molecule has 3 amide bonds. The summed E-state index contributed by atoms with van der Waals surface area (Å²) in [5.74, 6) is -1.00. The number of carbonyl (C=O) groups is 2. The lowest BCUT2D eigenvalue weighted by molar-refractivity contribution is -0.143. The second-order valence-electron chi connectivity index (χ2n) is 9.70. The van der Waals surface area contributed by atoms with E-state index < -0.39 is 59.6 Å². The molecule has 2 aromatic carbocycles. The van der Waals surface area contributed by atoms with Gasteiger partial charge in [-0.15, -0.1) is 11.3 Å². The second kappa shape index (κ2) is 13.1. The molecule has 6 nitrogen and oxygen atoms in total. The van der Waals surface area contributed by atoms with Crippen LogP contribution in [0.2, 0.25) is 0 Å². The fraction of sp³-hybridized carbons (Fsp3) is 0.357. The van der Waals surface area contributed by atoms with Crippen molar-refractivity contribution in [2.45, 2.75) is 44.4 Å². The fourth-order valence-electron chi connectivity index (χ4n) is 4.38. The Hall–Kier alpha value is -3.65. The molecular weight excluding hydrogens is 591 g/mol. The van der Waals surface area contributed by atoms with E-state index in [0.29, 0.717) is 37.1 Å². The van der Waals surface area contributed by atoms with E-state index in [-0.39, 0.29) is 25.7 Å². The quantitative estimate of drug-likeness (QED) is 0.259. The average Bonchev–Trinajstić information content (AvgIpc) is 3.62. The minimum absolute atomic E-state index is 0.0405. The molecule has 0 radical (unpaired) electrons. The molecular formula is C28H26F7N3O3S. The third-order valence-corrected chi connectivity index (χ3v) is 7.33. The van der Waals surface area contributed by atoms with Crippen molar-refractivity contribution >= 4 is 29.0 Å². The van der Waals surface area contributed by atoms with Crippen molar-refractivity contribution < 1.29 is 45.1 Å². The summed E-state index contributed by atoms with van der Waals surface area (Å²) in [5, 5.41) is 3.92. The summed E-state index contributed by atoms with van der Waals surface area (Å²) in [5.41, 5.74) is -3.29. The standard InChI is InChI=1S/C28H26F7N3O3S/c29-21-7-5-18(6-8-21)14-37(16-24-4-2-10-42-24)25(39)17-38(15-23-3-1-9-41-23)26(40)36-22-12-19(27(30,31)32)11-20(13-22)28(33,34)35/h2,4-8,10-13,23H,1,3,9,14-17H2,(H,36,40). The van der Waals surface area contributed by atoms with Gasteiger partial charge in [0, 0.05) is 30.3 Å². The van der Waals surface area contributed by atoms with E-state index in [2.05, 4.69) is 5.32 Å². The number of alkyl halides is 6.